The second kappa shape index (κ2) is 12.3. The van der Waals surface area contributed by atoms with Crippen LogP contribution in [0.25, 0.3) is 0 Å². The Morgan fingerprint density at radius 1 is 0.619 bits per heavy atom. The average molecular weight is 770 g/mol. The van der Waals surface area contributed by atoms with Crippen LogP contribution in [0.3, 0.4) is 0 Å². The summed E-state index contributed by atoms with van der Waals surface area (Å²) in [4.78, 5) is -0.645. The molecule has 4 aromatic rings. The predicted octanol–water partition coefficient (Wildman–Crippen LogP) is 7.13. The van der Waals surface area contributed by atoms with Crippen LogP contribution < -0.4 is 9.44 Å². The van der Waals surface area contributed by atoms with Crippen molar-refractivity contribution >= 4 is 63.7 Å². The summed E-state index contributed by atoms with van der Waals surface area (Å²) in [5.74, 6) is -0.292. The van der Waals surface area contributed by atoms with Gasteiger partial charge >= 0.3 is 12.4 Å². The minimum Gasteiger partial charge on any atom is -0.336 e. The number of benzene rings is 2. The maximum Gasteiger partial charge on any atom is 0.416 e. The number of halogens is 8. The number of aromatic nitrogens is 2. The van der Waals surface area contributed by atoms with E-state index < -0.39 is 43.5 Å². The lowest BCUT2D eigenvalue weighted by Gasteiger charge is -2.08. The van der Waals surface area contributed by atoms with Gasteiger partial charge in [-0.05, 0) is 94.2 Å². The third-order valence-electron chi connectivity index (χ3n) is 5.02. The van der Waals surface area contributed by atoms with E-state index in [1.165, 1.54) is 0 Å². The van der Waals surface area contributed by atoms with Gasteiger partial charge in [0.05, 0.1) is 32.3 Å². The van der Waals surface area contributed by atoms with E-state index in [1.54, 1.807) is 13.8 Å². The summed E-state index contributed by atoms with van der Waals surface area (Å²) < 4.78 is 137. The van der Waals surface area contributed by atoms with Gasteiger partial charge in [-0.25, -0.2) is 26.3 Å². The molecule has 0 aliphatic heterocycles. The van der Waals surface area contributed by atoms with Gasteiger partial charge in [-0.3, -0.25) is 0 Å². The fourth-order valence-electron chi connectivity index (χ4n) is 2.85. The summed E-state index contributed by atoms with van der Waals surface area (Å²) in [6, 6.07) is 6.21. The van der Waals surface area contributed by atoms with E-state index in [0.717, 1.165) is 24.3 Å². The van der Waals surface area contributed by atoms with Crippen molar-refractivity contribution < 1.29 is 52.2 Å². The Labute approximate surface area is 250 Å². The molecule has 0 aliphatic carbocycles. The van der Waals surface area contributed by atoms with Crippen molar-refractivity contribution in [2.75, 3.05) is 9.44 Å². The van der Waals surface area contributed by atoms with Crippen molar-refractivity contribution in [1.29, 1.82) is 0 Å². The summed E-state index contributed by atoms with van der Waals surface area (Å²) in [5, 5.41) is 7.09. The highest BCUT2D eigenvalue weighted by Gasteiger charge is 2.32. The molecule has 0 atom stereocenters. The van der Waals surface area contributed by atoms with Crippen LogP contribution in [0, 0.1) is 13.8 Å². The number of hydrogen-bond donors (Lipinski definition) is 2. The standard InChI is InChI=1S/2C11H8BrF3N2O3S/c2*1-6-9(12)10(20-16-6)17-21(18,19)8-4-2-7(3-5-8)11(13,14)15/h2*2-5,17H,1H3. The van der Waals surface area contributed by atoms with Crippen LogP contribution in [0.2, 0.25) is 0 Å². The Morgan fingerprint density at radius 2 is 0.905 bits per heavy atom. The average Bonchev–Trinajstić information content (AvgIpc) is 3.38. The van der Waals surface area contributed by atoms with E-state index >= 15 is 0 Å². The summed E-state index contributed by atoms with van der Waals surface area (Å²) in [7, 11) is -8.13. The molecule has 0 saturated heterocycles. The molecule has 0 unspecified atom stereocenters. The zero-order valence-electron chi connectivity index (χ0n) is 20.8. The van der Waals surface area contributed by atoms with Crippen molar-refractivity contribution in [3.05, 3.63) is 80.0 Å². The number of nitrogens with zero attached hydrogens (tertiary/aromatic N) is 2. The van der Waals surface area contributed by atoms with E-state index in [0.29, 0.717) is 44.6 Å². The number of hydrogen-bond acceptors (Lipinski definition) is 8. The normalized spacial score (nSPS) is 12.4. The molecule has 2 N–H and O–H groups in total. The molecule has 42 heavy (non-hydrogen) atoms. The molecule has 2 aromatic heterocycles. The molecule has 0 spiro atoms. The summed E-state index contributed by atoms with van der Waals surface area (Å²) in [5.41, 5.74) is -1.00. The zero-order valence-corrected chi connectivity index (χ0v) is 25.6. The number of rotatable bonds is 6. The number of alkyl halides is 6. The van der Waals surface area contributed by atoms with E-state index in [-0.39, 0.29) is 21.6 Å². The number of aryl methyl sites for hydroxylation is 2. The second-order valence-electron chi connectivity index (χ2n) is 8.08. The van der Waals surface area contributed by atoms with Crippen LogP contribution in [0.5, 0.6) is 0 Å². The lowest BCUT2D eigenvalue weighted by molar-refractivity contribution is -0.138. The van der Waals surface area contributed by atoms with Crippen LogP contribution in [-0.2, 0) is 32.4 Å². The van der Waals surface area contributed by atoms with Gasteiger partial charge in [0.2, 0.25) is 0 Å². The fraction of sp³-hybridized carbons (Fsp3) is 0.182. The largest absolute Gasteiger partial charge is 0.416 e. The highest BCUT2D eigenvalue weighted by Crippen LogP contribution is 2.33. The van der Waals surface area contributed by atoms with Gasteiger partial charge < -0.3 is 9.05 Å². The Hall–Kier alpha value is -3.10. The molecule has 20 heteroatoms. The molecular weight excluding hydrogens is 754 g/mol. The van der Waals surface area contributed by atoms with E-state index in [9.17, 15) is 43.2 Å². The van der Waals surface area contributed by atoms with Gasteiger partial charge in [0.25, 0.3) is 31.8 Å². The molecule has 0 aliphatic rings. The van der Waals surface area contributed by atoms with Gasteiger partial charge in [0, 0.05) is 0 Å². The SMILES string of the molecule is Cc1noc(NS(=O)(=O)c2ccc(C(F)(F)F)cc2)c1Br.Cc1noc(NS(=O)(=O)c2ccc(C(F)(F)F)cc2)c1Br. The minimum atomic E-state index is -4.53. The first kappa shape index (κ1) is 33.4. The molecule has 4 rings (SSSR count). The van der Waals surface area contributed by atoms with E-state index in [2.05, 4.69) is 51.6 Å². The minimum absolute atomic E-state index is 0.146. The Bertz CT molecular complexity index is 1640. The first-order valence-corrected chi connectivity index (χ1v) is 15.4. The van der Waals surface area contributed by atoms with Crippen LogP contribution in [0.4, 0.5) is 38.1 Å². The predicted molar refractivity (Wildman–Crippen MR) is 142 cm³/mol. The summed E-state index contributed by atoms with van der Waals surface area (Å²) in [6.07, 6.45) is -9.05. The second-order valence-corrected chi connectivity index (χ2v) is 13.0. The Morgan fingerprint density at radius 3 is 1.12 bits per heavy atom. The van der Waals surface area contributed by atoms with Crippen LogP contribution in [0.1, 0.15) is 22.5 Å². The van der Waals surface area contributed by atoms with Crippen molar-refractivity contribution in [1.82, 2.24) is 10.3 Å². The zero-order chi connectivity index (χ0) is 31.7. The summed E-state index contributed by atoms with van der Waals surface area (Å²) >= 11 is 6.16. The van der Waals surface area contributed by atoms with Crippen molar-refractivity contribution in [2.45, 2.75) is 36.0 Å². The smallest absolute Gasteiger partial charge is 0.336 e. The molecule has 228 valence electrons. The summed E-state index contributed by atoms with van der Waals surface area (Å²) in [6.45, 7) is 3.17. The molecule has 2 aromatic carbocycles. The Balaban J connectivity index is 0.000000230. The van der Waals surface area contributed by atoms with Crippen LogP contribution in [-0.4, -0.2) is 27.1 Å². The third-order valence-corrected chi connectivity index (χ3v) is 9.58. The molecule has 2 heterocycles. The first-order valence-electron chi connectivity index (χ1n) is 10.9. The molecule has 10 nitrogen and oxygen atoms in total. The Kier molecular flexibility index (Phi) is 9.74. The maximum absolute atomic E-state index is 12.4. The van der Waals surface area contributed by atoms with E-state index in [1.807, 2.05) is 0 Å². The van der Waals surface area contributed by atoms with Gasteiger partial charge in [-0.1, -0.05) is 10.3 Å². The number of nitrogens with one attached hydrogen (secondary N) is 2. The van der Waals surface area contributed by atoms with Crippen molar-refractivity contribution in [2.24, 2.45) is 0 Å². The highest BCUT2D eigenvalue weighted by atomic mass is 79.9. The molecule has 0 radical (unpaired) electrons. The fourth-order valence-corrected chi connectivity index (χ4v) is 5.59. The first-order chi connectivity index (χ1) is 19.2. The van der Waals surface area contributed by atoms with Crippen molar-refractivity contribution in [3.63, 3.8) is 0 Å². The molecule has 0 saturated carbocycles. The van der Waals surface area contributed by atoms with Gasteiger partial charge in [0.1, 0.15) is 8.95 Å². The quantitative estimate of drug-likeness (QED) is 0.197. The lowest BCUT2D eigenvalue weighted by Crippen LogP contribution is -2.13. The highest BCUT2D eigenvalue weighted by molar-refractivity contribution is 9.11. The number of anilines is 2. The topological polar surface area (TPSA) is 144 Å². The van der Waals surface area contributed by atoms with Gasteiger partial charge in [0.15, 0.2) is 0 Å². The molecule has 0 bridgehead atoms. The van der Waals surface area contributed by atoms with Crippen LogP contribution >= 0.6 is 31.9 Å². The van der Waals surface area contributed by atoms with Gasteiger partial charge in [-0.2, -0.15) is 26.3 Å². The molecule has 0 fully saturated rings. The lowest BCUT2D eigenvalue weighted by atomic mass is 10.2. The van der Waals surface area contributed by atoms with Crippen molar-refractivity contribution in [3.8, 4) is 0 Å². The van der Waals surface area contributed by atoms with E-state index in [4.69, 9.17) is 9.05 Å². The van der Waals surface area contributed by atoms with Gasteiger partial charge in [-0.15, -0.1) is 0 Å². The molecule has 0 amide bonds. The monoisotopic (exact) mass is 768 g/mol. The van der Waals surface area contributed by atoms with Crippen LogP contribution in [0.15, 0.2) is 76.3 Å². The number of sulfonamides is 2. The third kappa shape index (κ3) is 8.04. The maximum atomic E-state index is 12.4. The molecular formula is C22H16Br2F6N4O6S2.